The van der Waals surface area contributed by atoms with Crippen molar-refractivity contribution in [3.05, 3.63) is 35.1 Å². The second-order valence-electron chi connectivity index (χ2n) is 3.82. The van der Waals surface area contributed by atoms with Crippen molar-refractivity contribution in [3.8, 4) is 6.07 Å². The fraction of sp³-hybridized carbons (Fsp3) is 0.385. The van der Waals surface area contributed by atoms with E-state index < -0.39 is 24.0 Å². The van der Waals surface area contributed by atoms with E-state index in [9.17, 15) is 19.4 Å². The average molecular weight is 267 g/mol. The van der Waals surface area contributed by atoms with Gasteiger partial charge in [-0.1, -0.05) is 6.07 Å². The third-order valence-electron chi connectivity index (χ3n) is 2.52. The summed E-state index contributed by atoms with van der Waals surface area (Å²) in [5, 5.41) is 28.2. The number of nitrogens with zero attached hydrogens (tertiary/aromatic N) is 1. The number of aliphatic hydroxyl groups excluding tert-OH is 2. The summed E-state index contributed by atoms with van der Waals surface area (Å²) >= 11 is 0. The van der Waals surface area contributed by atoms with E-state index in [0.717, 1.165) is 12.1 Å². The molecule has 2 N–H and O–H groups in total. The molecule has 0 radical (unpaired) electrons. The zero-order valence-corrected chi connectivity index (χ0v) is 10.3. The van der Waals surface area contributed by atoms with Gasteiger partial charge in [-0.25, -0.2) is 9.18 Å². The number of ether oxygens (including phenoxy) is 1. The summed E-state index contributed by atoms with van der Waals surface area (Å²) in [4.78, 5) is 11.3. The van der Waals surface area contributed by atoms with E-state index in [4.69, 9.17) is 5.26 Å². The number of esters is 1. The van der Waals surface area contributed by atoms with Gasteiger partial charge in [0.05, 0.1) is 19.1 Å². The molecule has 0 saturated carbocycles. The van der Waals surface area contributed by atoms with E-state index in [1.165, 1.54) is 6.07 Å². The molecule has 1 rings (SSSR count). The average Bonchev–Trinajstić information content (AvgIpc) is 2.39. The number of hydrogen-bond acceptors (Lipinski definition) is 5. The summed E-state index contributed by atoms with van der Waals surface area (Å²) < 4.78 is 17.7. The maximum atomic E-state index is 13.2. The lowest BCUT2D eigenvalue weighted by Crippen LogP contribution is -2.30. The predicted molar refractivity (Wildman–Crippen MR) is 63.3 cm³/mol. The second-order valence-corrected chi connectivity index (χ2v) is 3.82. The minimum atomic E-state index is -1.82. The van der Waals surface area contributed by atoms with E-state index in [0.29, 0.717) is 5.56 Å². The number of halogens is 1. The Bertz CT molecular complexity index is 498. The zero-order chi connectivity index (χ0) is 14.4. The standard InChI is InChI=1S/C13H14FNO4/c1-2-19-13(18)12(17)11(16)10-7-9(14)4-3-8(10)5-6-15/h3-4,7,11-12,16-17H,2,5H2,1H3. The third-order valence-corrected chi connectivity index (χ3v) is 2.52. The molecule has 19 heavy (non-hydrogen) atoms. The van der Waals surface area contributed by atoms with Crippen LogP contribution in [0.15, 0.2) is 18.2 Å². The van der Waals surface area contributed by atoms with E-state index in [1.54, 1.807) is 6.92 Å². The van der Waals surface area contributed by atoms with Crippen molar-refractivity contribution < 1.29 is 24.1 Å². The van der Waals surface area contributed by atoms with Crippen LogP contribution in [0.2, 0.25) is 0 Å². The third kappa shape index (κ3) is 3.74. The monoisotopic (exact) mass is 267 g/mol. The number of carbonyl (C=O) groups excluding carboxylic acids is 1. The van der Waals surface area contributed by atoms with E-state index >= 15 is 0 Å². The lowest BCUT2D eigenvalue weighted by molar-refractivity contribution is -0.159. The van der Waals surface area contributed by atoms with E-state index in [2.05, 4.69) is 4.74 Å². The van der Waals surface area contributed by atoms with Gasteiger partial charge in [0.25, 0.3) is 0 Å². The van der Waals surface area contributed by atoms with Crippen LogP contribution in [0.1, 0.15) is 24.2 Å². The quantitative estimate of drug-likeness (QED) is 0.772. The number of nitriles is 1. The van der Waals surface area contributed by atoms with Gasteiger partial charge in [0.2, 0.25) is 0 Å². The van der Waals surface area contributed by atoms with Gasteiger partial charge in [0.1, 0.15) is 11.9 Å². The smallest absolute Gasteiger partial charge is 0.338 e. The minimum absolute atomic E-state index is 0.00195. The van der Waals surface area contributed by atoms with Crippen molar-refractivity contribution in [2.24, 2.45) is 0 Å². The van der Waals surface area contributed by atoms with Gasteiger partial charge < -0.3 is 14.9 Å². The summed E-state index contributed by atoms with van der Waals surface area (Å²) in [5.74, 6) is -1.63. The highest BCUT2D eigenvalue weighted by atomic mass is 19.1. The summed E-state index contributed by atoms with van der Waals surface area (Å²) in [5.41, 5.74) is 0.349. The highest BCUT2D eigenvalue weighted by molar-refractivity contribution is 5.75. The first-order valence-corrected chi connectivity index (χ1v) is 5.69. The highest BCUT2D eigenvalue weighted by Gasteiger charge is 2.28. The number of carbonyl (C=O) groups is 1. The summed E-state index contributed by atoms with van der Waals surface area (Å²) in [7, 11) is 0. The van der Waals surface area contributed by atoms with Crippen molar-refractivity contribution in [1.29, 1.82) is 5.26 Å². The molecule has 102 valence electrons. The molecule has 1 aromatic rings. The molecule has 0 aliphatic heterocycles. The zero-order valence-electron chi connectivity index (χ0n) is 10.3. The molecule has 0 aliphatic carbocycles. The Hall–Kier alpha value is -1.97. The summed E-state index contributed by atoms with van der Waals surface area (Å²) in [6.07, 6.45) is -3.53. The fourth-order valence-electron chi connectivity index (χ4n) is 1.61. The molecule has 0 fully saturated rings. The van der Waals surface area contributed by atoms with Crippen molar-refractivity contribution in [2.45, 2.75) is 25.6 Å². The second kappa shape index (κ2) is 6.83. The lowest BCUT2D eigenvalue weighted by Gasteiger charge is -2.19. The van der Waals surface area contributed by atoms with Crippen LogP contribution in [-0.2, 0) is 16.0 Å². The summed E-state index contributed by atoms with van der Waals surface area (Å²) in [6.45, 7) is 1.61. The maximum Gasteiger partial charge on any atom is 0.338 e. The predicted octanol–water partition coefficient (Wildman–Crippen LogP) is 0.849. The molecule has 0 aliphatic rings. The SMILES string of the molecule is CCOC(=O)C(O)C(O)c1cc(F)ccc1CC#N. The molecule has 2 unspecified atom stereocenters. The molecule has 0 saturated heterocycles. The van der Waals surface area contributed by atoms with Crippen molar-refractivity contribution in [1.82, 2.24) is 0 Å². The first kappa shape index (κ1) is 15.1. The first-order chi connectivity index (χ1) is 9.01. The van der Waals surface area contributed by atoms with E-state index in [1.807, 2.05) is 6.07 Å². The van der Waals surface area contributed by atoms with Crippen LogP contribution in [0.25, 0.3) is 0 Å². The van der Waals surface area contributed by atoms with Gasteiger partial charge in [0, 0.05) is 0 Å². The highest BCUT2D eigenvalue weighted by Crippen LogP contribution is 2.23. The van der Waals surface area contributed by atoms with Gasteiger partial charge in [-0.15, -0.1) is 0 Å². The Morgan fingerprint density at radius 3 is 2.79 bits per heavy atom. The Balaban J connectivity index is 3.04. The summed E-state index contributed by atoms with van der Waals surface area (Å²) in [6, 6.07) is 5.31. The van der Waals surface area contributed by atoms with Crippen molar-refractivity contribution in [3.63, 3.8) is 0 Å². The molecule has 0 amide bonds. The normalized spacial score (nSPS) is 13.4. The molecule has 1 aromatic carbocycles. The Kier molecular flexibility index (Phi) is 5.42. The van der Waals surface area contributed by atoms with Crippen LogP contribution >= 0.6 is 0 Å². The Morgan fingerprint density at radius 1 is 1.53 bits per heavy atom. The fourth-order valence-corrected chi connectivity index (χ4v) is 1.61. The molecule has 0 spiro atoms. The largest absolute Gasteiger partial charge is 0.464 e. The Morgan fingerprint density at radius 2 is 2.21 bits per heavy atom. The van der Waals surface area contributed by atoms with Crippen molar-refractivity contribution >= 4 is 5.97 Å². The van der Waals surface area contributed by atoms with Crippen LogP contribution in [0.5, 0.6) is 0 Å². The van der Waals surface area contributed by atoms with Crippen LogP contribution < -0.4 is 0 Å². The van der Waals surface area contributed by atoms with Crippen molar-refractivity contribution in [2.75, 3.05) is 6.61 Å². The van der Waals surface area contributed by atoms with Gasteiger partial charge in [-0.05, 0) is 30.2 Å². The Labute approximate surface area is 109 Å². The van der Waals surface area contributed by atoms with Gasteiger partial charge >= 0.3 is 5.97 Å². The first-order valence-electron chi connectivity index (χ1n) is 5.69. The van der Waals surface area contributed by atoms with Crippen LogP contribution in [0, 0.1) is 17.1 Å². The van der Waals surface area contributed by atoms with Gasteiger partial charge in [0.15, 0.2) is 6.10 Å². The molecular formula is C13H14FNO4. The molecule has 0 heterocycles. The number of rotatable bonds is 5. The number of benzene rings is 1. The molecule has 2 atom stereocenters. The van der Waals surface area contributed by atoms with Gasteiger partial charge in [-0.2, -0.15) is 5.26 Å². The van der Waals surface area contributed by atoms with E-state index in [-0.39, 0.29) is 18.6 Å². The minimum Gasteiger partial charge on any atom is -0.464 e. The molecule has 0 aromatic heterocycles. The molecular weight excluding hydrogens is 253 g/mol. The lowest BCUT2D eigenvalue weighted by atomic mass is 9.97. The van der Waals surface area contributed by atoms with Gasteiger partial charge in [-0.3, -0.25) is 0 Å². The van der Waals surface area contributed by atoms with Crippen LogP contribution in [-0.4, -0.2) is 28.9 Å². The molecule has 0 bridgehead atoms. The molecule has 5 nitrogen and oxygen atoms in total. The maximum absolute atomic E-state index is 13.2. The molecule has 6 heteroatoms. The van der Waals surface area contributed by atoms with Crippen LogP contribution in [0.3, 0.4) is 0 Å². The number of hydrogen-bond donors (Lipinski definition) is 2. The number of aliphatic hydroxyl groups is 2. The van der Waals surface area contributed by atoms with Crippen LogP contribution in [0.4, 0.5) is 4.39 Å². The topological polar surface area (TPSA) is 90.6 Å².